The summed E-state index contributed by atoms with van der Waals surface area (Å²) in [5.41, 5.74) is 0. The van der Waals surface area contributed by atoms with Crippen molar-refractivity contribution in [3.63, 3.8) is 0 Å². The summed E-state index contributed by atoms with van der Waals surface area (Å²) in [6, 6.07) is -0.269. The topological polar surface area (TPSA) is 121 Å². The van der Waals surface area contributed by atoms with Gasteiger partial charge in [0.25, 0.3) is 10.2 Å². The predicted molar refractivity (Wildman–Crippen MR) is 105 cm³/mol. The Morgan fingerprint density at radius 2 is 1.46 bits per heavy atom. The van der Waals surface area contributed by atoms with Gasteiger partial charge in [0.1, 0.15) is 6.17 Å². The zero-order valence-corrected chi connectivity index (χ0v) is 17.8. The number of nitrogens with two attached hydrogens (primary N) is 1. The molecule has 0 spiro atoms. The Bertz CT molecular complexity index is 568. The highest BCUT2D eigenvalue weighted by atomic mass is 32.2. The zero-order chi connectivity index (χ0) is 20.6. The van der Waals surface area contributed by atoms with Gasteiger partial charge in [-0.15, -0.1) is 0 Å². The number of nitrogens with zero attached hydrogens (tertiary/aromatic N) is 2. The highest BCUT2D eigenvalue weighted by molar-refractivity contribution is 7.88. The van der Waals surface area contributed by atoms with E-state index in [4.69, 9.17) is 10.2 Å². The molecule has 0 radical (unpaired) electrons. The lowest BCUT2D eigenvalue weighted by Gasteiger charge is -2.29. The van der Waals surface area contributed by atoms with Gasteiger partial charge in [0.15, 0.2) is 0 Å². The number of alkyl halides is 1. The zero-order valence-electron chi connectivity index (χ0n) is 16.2. The summed E-state index contributed by atoms with van der Waals surface area (Å²) in [7, 11) is -6.93. The summed E-state index contributed by atoms with van der Waals surface area (Å²) < 4.78 is 59.4. The van der Waals surface area contributed by atoms with Gasteiger partial charge in [0.2, 0.25) is 10.0 Å². The second-order valence-electron chi connectivity index (χ2n) is 6.43. The van der Waals surface area contributed by atoms with Crippen molar-refractivity contribution in [3.8, 4) is 0 Å². The van der Waals surface area contributed by atoms with E-state index in [0.717, 1.165) is 10.7 Å². The first kappa shape index (κ1) is 30.4. The van der Waals surface area contributed by atoms with Crippen LogP contribution in [0.2, 0.25) is 0 Å². The van der Waals surface area contributed by atoms with Crippen molar-refractivity contribution in [1.82, 2.24) is 8.61 Å². The van der Waals surface area contributed by atoms with Crippen molar-refractivity contribution in [3.05, 3.63) is 0 Å². The maximum Gasteiger partial charge on any atom is 0.277 e. The fourth-order valence-electron chi connectivity index (χ4n) is 2.26. The average molecular weight is 424 g/mol. The molecular weight excluding hydrogens is 385 g/mol. The van der Waals surface area contributed by atoms with E-state index in [-0.39, 0.29) is 19.5 Å². The molecule has 3 N–H and O–H groups in total. The summed E-state index contributed by atoms with van der Waals surface area (Å²) in [5.74, 6) is 0. The van der Waals surface area contributed by atoms with E-state index in [1.165, 1.54) is 6.26 Å². The molecule has 0 aliphatic carbocycles. The molecule has 0 saturated heterocycles. The highest BCUT2D eigenvalue weighted by Crippen LogP contribution is 2.12. The number of hydrogen-bond donors (Lipinski definition) is 2. The largest absolute Gasteiger partial charge is 0.393 e. The molecule has 0 fully saturated rings. The molecule has 0 saturated carbocycles. The first-order chi connectivity index (χ1) is 11.1. The van der Waals surface area contributed by atoms with E-state index in [2.05, 4.69) is 0 Å². The second kappa shape index (κ2) is 12.9. The minimum Gasteiger partial charge on any atom is -0.393 e. The molecule has 0 aromatic carbocycles. The van der Waals surface area contributed by atoms with E-state index in [1.807, 2.05) is 27.7 Å². The van der Waals surface area contributed by atoms with Gasteiger partial charge in [0.05, 0.1) is 12.9 Å². The van der Waals surface area contributed by atoms with E-state index in [1.54, 1.807) is 18.2 Å². The highest BCUT2D eigenvalue weighted by Gasteiger charge is 2.25. The van der Waals surface area contributed by atoms with Gasteiger partial charge in [-0.1, -0.05) is 14.4 Å². The molecule has 8 nitrogen and oxygen atoms in total. The summed E-state index contributed by atoms with van der Waals surface area (Å²) in [6.07, 6.45) is 0.519. The average Bonchev–Trinajstić information content (AvgIpc) is 2.41. The Kier molecular flexibility index (Phi) is 15.1. The first-order valence-electron chi connectivity index (χ1n) is 8.12. The van der Waals surface area contributed by atoms with Gasteiger partial charge in [-0.3, -0.25) is 0 Å². The fraction of sp³-hybridized carbons (Fsp3) is 1.00. The molecule has 0 aromatic heterocycles. The third-order valence-corrected chi connectivity index (χ3v) is 6.17. The Labute approximate surface area is 159 Å². The summed E-state index contributed by atoms with van der Waals surface area (Å²) in [6.45, 7) is 9.75. The Hall–Kier alpha value is -0.330. The number of sulfonamides is 1. The smallest absolute Gasteiger partial charge is 0.277 e. The third kappa shape index (κ3) is 12.1. The van der Waals surface area contributed by atoms with E-state index in [9.17, 15) is 21.2 Å². The van der Waals surface area contributed by atoms with Crippen LogP contribution in [0.5, 0.6) is 0 Å². The van der Waals surface area contributed by atoms with Gasteiger partial charge in [-0.25, -0.2) is 17.9 Å². The van der Waals surface area contributed by atoms with Crippen LogP contribution in [0, 0.1) is 0 Å². The molecule has 0 aromatic rings. The van der Waals surface area contributed by atoms with Crippen molar-refractivity contribution in [2.45, 2.75) is 79.7 Å². The predicted octanol–water partition coefficient (Wildman–Crippen LogP) is 1.32. The summed E-state index contributed by atoms with van der Waals surface area (Å²) >= 11 is 0. The van der Waals surface area contributed by atoms with Crippen molar-refractivity contribution < 1.29 is 26.3 Å². The summed E-state index contributed by atoms with van der Waals surface area (Å²) in [4.78, 5) is 0. The van der Waals surface area contributed by atoms with Crippen LogP contribution in [0.25, 0.3) is 0 Å². The van der Waals surface area contributed by atoms with Crippen LogP contribution in [0.15, 0.2) is 0 Å². The molecule has 11 heteroatoms. The Balaban J connectivity index is -0.000000393. The lowest BCUT2D eigenvalue weighted by molar-refractivity contribution is 0.148. The van der Waals surface area contributed by atoms with Crippen LogP contribution in [0.4, 0.5) is 4.39 Å². The molecule has 162 valence electrons. The van der Waals surface area contributed by atoms with Gasteiger partial charge in [-0.05, 0) is 41.0 Å². The molecule has 0 aliphatic rings. The number of hydrogen-bond acceptors (Lipinski definition) is 5. The van der Waals surface area contributed by atoms with Crippen LogP contribution < -0.4 is 5.14 Å². The lowest BCUT2D eigenvalue weighted by atomic mass is 10.2. The minimum atomic E-state index is -3.89. The maximum atomic E-state index is 12.7. The number of rotatable bonds is 9. The van der Waals surface area contributed by atoms with Crippen molar-refractivity contribution >= 4 is 20.2 Å². The van der Waals surface area contributed by atoms with Gasteiger partial charge < -0.3 is 5.11 Å². The third-order valence-electron chi connectivity index (χ3n) is 3.40. The molecule has 26 heavy (non-hydrogen) atoms. The van der Waals surface area contributed by atoms with E-state index < -0.39 is 45.6 Å². The van der Waals surface area contributed by atoms with Gasteiger partial charge in [0, 0.05) is 24.7 Å². The lowest BCUT2D eigenvalue weighted by Crippen LogP contribution is -2.45. The number of aliphatic hydroxyl groups excluding tert-OH is 1. The molecule has 0 heterocycles. The molecule has 2 atom stereocenters. The monoisotopic (exact) mass is 423 g/mol. The van der Waals surface area contributed by atoms with Gasteiger partial charge >= 0.3 is 0 Å². The SMILES string of the molecule is C.CC(C)N(CC(F)CO)S(N)(=O)=O.CCC(C)N(C(C)C)S(C)(=O)=O. The molecule has 0 aliphatic heterocycles. The fourth-order valence-corrected chi connectivity index (χ4v) is 4.79. The first-order valence-corrected chi connectivity index (χ1v) is 11.5. The van der Waals surface area contributed by atoms with Crippen LogP contribution in [0.1, 0.15) is 55.4 Å². The second-order valence-corrected chi connectivity index (χ2v) is 9.82. The normalized spacial score (nSPS) is 14.8. The van der Waals surface area contributed by atoms with E-state index >= 15 is 0 Å². The van der Waals surface area contributed by atoms with Crippen LogP contribution in [0.3, 0.4) is 0 Å². The Morgan fingerprint density at radius 1 is 1.04 bits per heavy atom. The minimum absolute atomic E-state index is 0. The van der Waals surface area contributed by atoms with Gasteiger partial charge in [-0.2, -0.15) is 17.0 Å². The maximum absolute atomic E-state index is 12.7. The molecular formula is C15H38FN3O5S2. The van der Waals surface area contributed by atoms with Crippen molar-refractivity contribution in [2.75, 3.05) is 19.4 Å². The number of halogens is 1. The Morgan fingerprint density at radius 3 is 1.62 bits per heavy atom. The van der Waals surface area contributed by atoms with Crippen molar-refractivity contribution in [1.29, 1.82) is 0 Å². The molecule has 0 amide bonds. The standard InChI is InChI=1S/C8H19NO2S.C6H15FN2O3S.CH4/c1-6-8(4)9(7(2)3)12(5,10)11;1-5(2)9(13(8,11)12)3-6(7)4-10;/h7-8H,6H2,1-5H3;5-6,10H,3-4H2,1-2H3,(H2,8,11,12);1H4. The molecule has 2 unspecified atom stereocenters. The van der Waals surface area contributed by atoms with Crippen LogP contribution in [-0.2, 0) is 20.2 Å². The number of aliphatic hydroxyl groups is 1. The molecule has 0 bridgehead atoms. The van der Waals surface area contributed by atoms with Crippen molar-refractivity contribution in [2.24, 2.45) is 5.14 Å². The van der Waals surface area contributed by atoms with E-state index in [0.29, 0.717) is 0 Å². The summed E-state index contributed by atoms with van der Waals surface area (Å²) in [5, 5.41) is 13.2. The van der Waals surface area contributed by atoms with Crippen LogP contribution in [-0.4, -0.2) is 74.3 Å². The quantitative estimate of drug-likeness (QED) is 0.579. The van der Waals surface area contributed by atoms with Crippen LogP contribution >= 0.6 is 0 Å². The molecule has 0 rings (SSSR count).